The van der Waals surface area contributed by atoms with E-state index in [2.05, 4.69) is 38.1 Å². The fraction of sp³-hybridized carbons (Fsp3) is 0.400. The fourth-order valence-corrected chi connectivity index (χ4v) is 8.11. The van der Waals surface area contributed by atoms with Crippen molar-refractivity contribution in [2.24, 2.45) is 5.10 Å². The van der Waals surface area contributed by atoms with E-state index in [-0.39, 0.29) is 17.5 Å². The van der Waals surface area contributed by atoms with Crippen molar-refractivity contribution in [1.29, 1.82) is 0 Å². The van der Waals surface area contributed by atoms with Gasteiger partial charge in [0.05, 0.1) is 12.4 Å². The molecule has 1 fully saturated rings. The van der Waals surface area contributed by atoms with E-state index in [4.69, 9.17) is 16.3 Å². The molecule has 2 aromatic rings. The molecular formula is C30H38ClFN4O2S. The Morgan fingerprint density at radius 2 is 1.92 bits per heavy atom. The summed E-state index contributed by atoms with van der Waals surface area (Å²) in [4.78, 5) is 15.9. The first-order valence-electron chi connectivity index (χ1n) is 13.2. The maximum Gasteiger partial charge on any atom is 0.233 e. The highest BCUT2D eigenvalue weighted by atomic mass is 35.5. The predicted molar refractivity (Wildman–Crippen MR) is 164 cm³/mol. The summed E-state index contributed by atoms with van der Waals surface area (Å²) >= 11 is 6.49. The lowest BCUT2D eigenvalue weighted by atomic mass is 9.87. The van der Waals surface area contributed by atoms with Crippen molar-refractivity contribution in [2.75, 3.05) is 11.6 Å². The van der Waals surface area contributed by atoms with Gasteiger partial charge in [-0.3, -0.25) is 4.79 Å². The van der Waals surface area contributed by atoms with Gasteiger partial charge in [0.2, 0.25) is 11.8 Å². The number of aryl methyl sites for hydroxylation is 1. The van der Waals surface area contributed by atoms with E-state index in [1.54, 1.807) is 12.1 Å². The van der Waals surface area contributed by atoms with E-state index in [1.807, 2.05) is 40.7 Å². The van der Waals surface area contributed by atoms with Gasteiger partial charge in [-0.25, -0.2) is 14.1 Å². The number of hydrogen-bond acceptors (Lipinski definition) is 6. The average molecular weight is 573 g/mol. The van der Waals surface area contributed by atoms with Crippen molar-refractivity contribution in [3.63, 3.8) is 0 Å². The quantitative estimate of drug-likeness (QED) is 0.296. The molecule has 3 aliphatic rings. The van der Waals surface area contributed by atoms with Crippen LogP contribution in [0.1, 0.15) is 73.5 Å². The molecule has 1 aliphatic carbocycles. The normalized spacial score (nSPS) is 19.6. The number of nitrogens with one attached hydrogen (secondary N) is 1. The molecule has 0 unspecified atom stereocenters. The van der Waals surface area contributed by atoms with Crippen LogP contribution in [0.15, 0.2) is 46.7 Å². The van der Waals surface area contributed by atoms with Crippen molar-refractivity contribution in [1.82, 2.24) is 9.73 Å². The number of carbonyl (C=O) groups excluding carboxylic acids is 1. The highest BCUT2D eigenvalue weighted by molar-refractivity contribution is 8.26. The SMILES string of the molecule is C=C1NN=C([C@H]([C@H](C)c2c(F)ccc(C)c2C)N2CN(C3CC3)c3cc(Cl)cc(C(C)=O)c3S2(=C)=C)O1.CC. The van der Waals surface area contributed by atoms with Gasteiger partial charge < -0.3 is 9.64 Å². The van der Waals surface area contributed by atoms with Crippen LogP contribution in [-0.4, -0.2) is 46.5 Å². The second-order valence-electron chi connectivity index (χ2n) is 10.2. The first-order chi connectivity index (χ1) is 18.4. The van der Waals surface area contributed by atoms with Gasteiger partial charge in [-0.1, -0.05) is 50.2 Å². The molecule has 39 heavy (non-hydrogen) atoms. The molecule has 0 saturated heterocycles. The van der Waals surface area contributed by atoms with E-state index in [9.17, 15) is 4.79 Å². The van der Waals surface area contributed by atoms with Gasteiger partial charge in [0.15, 0.2) is 5.78 Å². The predicted octanol–water partition coefficient (Wildman–Crippen LogP) is 7.09. The maximum absolute atomic E-state index is 15.4. The molecule has 6 nitrogen and oxygen atoms in total. The Hall–Kier alpha value is -2.81. The van der Waals surface area contributed by atoms with Crippen molar-refractivity contribution in [3.05, 3.63) is 69.8 Å². The van der Waals surface area contributed by atoms with Crippen molar-refractivity contribution in [2.45, 2.75) is 77.3 Å². The lowest BCUT2D eigenvalue weighted by Gasteiger charge is -2.48. The van der Waals surface area contributed by atoms with Crippen LogP contribution in [0.4, 0.5) is 10.1 Å². The third-order valence-electron chi connectivity index (χ3n) is 7.57. The minimum Gasteiger partial charge on any atom is -0.422 e. The van der Waals surface area contributed by atoms with E-state index in [0.717, 1.165) is 34.6 Å². The Labute approximate surface area is 237 Å². The lowest BCUT2D eigenvalue weighted by Crippen LogP contribution is -2.51. The summed E-state index contributed by atoms with van der Waals surface area (Å²) in [6.45, 7) is 15.7. The standard InChI is InChI=1S/C28H32ClFN4O2S.C2H6/c1-15-8-11-23(30)25(16(15)2)17(3)26(28-32-31-19(5)36-28)34-14-33(21-9-10-21)24-13-20(29)12-22(18(4)35)27(24)37(34,6)7;1-2/h8,11-13,17,21,26,31H,5-7,9-10,14H2,1-4H3;1-2H3/t17-,26+;/m1./s1. The first kappa shape index (κ1) is 29.2. The molecule has 5 rings (SSSR count). The molecule has 0 amide bonds. The zero-order valence-corrected chi connectivity index (χ0v) is 25.2. The Kier molecular flexibility index (Phi) is 8.22. The molecule has 1 N–H and O–H groups in total. The number of rotatable bonds is 6. The number of hydrogen-bond donors (Lipinski definition) is 1. The Balaban J connectivity index is 0.00000172. The number of ketones is 1. The Morgan fingerprint density at radius 1 is 1.26 bits per heavy atom. The number of hydrazone groups is 1. The topological polar surface area (TPSA) is 57.2 Å². The van der Waals surface area contributed by atoms with Crippen LogP contribution in [0.3, 0.4) is 0 Å². The number of halogens is 2. The summed E-state index contributed by atoms with van der Waals surface area (Å²) in [6, 6.07) is 6.68. The average Bonchev–Trinajstić information content (AvgIpc) is 3.64. The van der Waals surface area contributed by atoms with Crippen LogP contribution < -0.4 is 10.3 Å². The molecule has 0 bridgehead atoms. The molecular weight excluding hydrogens is 535 g/mol. The molecule has 0 aromatic heterocycles. The molecule has 2 heterocycles. The van der Waals surface area contributed by atoms with E-state index in [1.165, 1.54) is 13.0 Å². The molecule has 0 spiro atoms. The van der Waals surface area contributed by atoms with E-state index >= 15 is 4.39 Å². The van der Waals surface area contributed by atoms with Crippen LogP contribution in [-0.2, 0) is 4.74 Å². The number of Topliss-reactive ketones (excluding diaryl/α,β-unsaturated/α-hetero) is 1. The zero-order valence-electron chi connectivity index (χ0n) is 23.6. The number of benzene rings is 2. The summed E-state index contributed by atoms with van der Waals surface area (Å²) in [7, 11) is -2.29. The monoisotopic (exact) mass is 572 g/mol. The number of nitrogens with zero attached hydrogens (tertiary/aromatic N) is 3. The lowest BCUT2D eigenvalue weighted by molar-refractivity contribution is 0.101. The van der Waals surface area contributed by atoms with Crippen molar-refractivity contribution in [3.8, 4) is 0 Å². The summed E-state index contributed by atoms with van der Waals surface area (Å²) in [5.41, 5.74) is 6.68. The van der Waals surface area contributed by atoms with E-state index < -0.39 is 15.4 Å². The third kappa shape index (κ3) is 5.22. The van der Waals surface area contributed by atoms with Crippen LogP contribution in [0.25, 0.3) is 0 Å². The van der Waals surface area contributed by atoms with Gasteiger partial charge in [-0.2, -0.15) is 0 Å². The number of anilines is 1. The number of fused-ring (bicyclic) bond motifs is 1. The van der Waals surface area contributed by atoms with Crippen LogP contribution >= 0.6 is 21.0 Å². The third-order valence-corrected chi connectivity index (χ3v) is 10.2. The van der Waals surface area contributed by atoms with Crippen LogP contribution in [0, 0.1) is 19.7 Å². The smallest absolute Gasteiger partial charge is 0.233 e. The summed E-state index contributed by atoms with van der Waals surface area (Å²) in [5, 5.41) is 4.94. The number of ether oxygens (including phenoxy) is 1. The molecule has 2 aromatic carbocycles. The van der Waals surface area contributed by atoms with Crippen LogP contribution in [0.5, 0.6) is 0 Å². The van der Waals surface area contributed by atoms with Crippen molar-refractivity contribution < 1.29 is 13.9 Å². The molecule has 1 saturated carbocycles. The Morgan fingerprint density at radius 3 is 2.49 bits per heavy atom. The fourth-order valence-electron chi connectivity index (χ4n) is 5.43. The molecule has 9 heteroatoms. The minimum absolute atomic E-state index is 0.102. The van der Waals surface area contributed by atoms with Gasteiger partial charge in [0, 0.05) is 27.4 Å². The molecule has 0 radical (unpaired) electrons. The van der Waals surface area contributed by atoms with Gasteiger partial charge in [0.25, 0.3) is 0 Å². The van der Waals surface area contributed by atoms with Crippen LogP contribution in [0.2, 0.25) is 5.02 Å². The summed E-state index contributed by atoms with van der Waals surface area (Å²) in [5.74, 6) is 9.15. The highest BCUT2D eigenvalue weighted by Crippen LogP contribution is 2.54. The van der Waals surface area contributed by atoms with Crippen molar-refractivity contribution >= 4 is 50.1 Å². The second-order valence-corrected chi connectivity index (χ2v) is 13.2. The summed E-state index contributed by atoms with van der Waals surface area (Å²) < 4.78 is 23.5. The Bertz CT molecular complexity index is 1470. The second kappa shape index (κ2) is 11.0. The van der Waals surface area contributed by atoms with Gasteiger partial charge in [-0.05, 0) is 75.1 Å². The maximum atomic E-state index is 15.4. The van der Waals surface area contributed by atoms with Gasteiger partial charge in [0.1, 0.15) is 11.9 Å². The largest absolute Gasteiger partial charge is 0.422 e. The first-order valence-corrected chi connectivity index (χ1v) is 15.6. The van der Waals surface area contributed by atoms with Gasteiger partial charge in [-0.15, -0.1) is 14.5 Å². The summed E-state index contributed by atoms with van der Waals surface area (Å²) in [6.07, 6.45) is 2.07. The molecule has 2 aliphatic heterocycles. The van der Waals surface area contributed by atoms with E-state index in [0.29, 0.717) is 40.6 Å². The minimum atomic E-state index is -2.29. The number of carbonyl (C=O) groups is 1. The molecule has 210 valence electrons. The molecule has 2 atom stereocenters. The zero-order chi connectivity index (χ0) is 28.8. The van der Waals surface area contributed by atoms with Gasteiger partial charge >= 0.3 is 0 Å². The highest BCUT2D eigenvalue weighted by Gasteiger charge is 2.45.